The predicted octanol–water partition coefficient (Wildman–Crippen LogP) is 9.02. The van der Waals surface area contributed by atoms with Crippen LogP contribution in [0.1, 0.15) is 27.7 Å². The van der Waals surface area contributed by atoms with Crippen LogP contribution in [0.5, 0.6) is 0 Å². The summed E-state index contributed by atoms with van der Waals surface area (Å²) in [6, 6.07) is 34.1. The van der Waals surface area contributed by atoms with E-state index in [1.807, 2.05) is 0 Å². The Morgan fingerprint density at radius 2 is 1.24 bits per heavy atom. The topological polar surface area (TPSA) is 7.12 Å². The molecule has 182 valence electrons. The Morgan fingerprint density at radius 1 is 0.568 bits per heavy atom. The number of benzene rings is 5. The zero-order valence-electron chi connectivity index (χ0n) is 22.1. The van der Waals surface area contributed by atoms with Gasteiger partial charge in [0.25, 0.3) is 0 Å². The minimum absolute atomic E-state index is 0.542. The van der Waals surface area contributed by atoms with Crippen LogP contribution in [0.4, 0.5) is 11.4 Å². The fourth-order valence-electron chi connectivity index (χ4n) is 6.49. The molecule has 7 rings (SSSR count). The van der Waals surface area contributed by atoms with E-state index in [4.69, 9.17) is 0 Å². The van der Waals surface area contributed by atoms with Crippen molar-refractivity contribution in [2.24, 2.45) is 11.8 Å². The molecule has 0 spiro atoms. The van der Waals surface area contributed by atoms with E-state index in [1.54, 1.807) is 0 Å². The van der Waals surface area contributed by atoms with Gasteiger partial charge >= 0.3 is 0 Å². The number of nitrogens with zero attached hydrogens (tertiary/aromatic N) is 2. The lowest BCUT2D eigenvalue weighted by Crippen LogP contribution is -2.39. The van der Waals surface area contributed by atoms with Crippen LogP contribution in [0.15, 0.2) is 91.0 Å². The van der Waals surface area contributed by atoms with Crippen LogP contribution in [-0.2, 0) is 6.54 Å². The van der Waals surface area contributed by atoms with Crippen molar-refractivity contribution < 1.29 is 4.57 Å². The van der Waals surface area contributed by atoms with E-state index in [-0.39, 0.29) is 0 Å². The summed E-state index contributed by atoms with van der Waals surface area (Å²) < 4.78 is 2.58. The molecule has 37 heavy (non-hydrogen) atoms. The molecule has 0 N–H and O–H groups in total. The van der Waals surface area contributed by atoms with Crippen LogP contribution in [0.2, 0.25) is 0 Å². The van der Waals surface area contributed by atoms with Gasteiger partial charge in [-0.2, -0.15) is 4.57 Å². The highest BCUT2D eigenvalue weighted by atomic mass is 15.2. The molecule has 0 aliphatic carbocycles. The standard InChI is InChI=1S/C35H33N2/c1-22(2)20-36-28-14-9-15-29-34(28)35(32-26-12-7-5-10-24(26)16-18-30(32)36)33-27-13-8-6-11-25(27)17-19-31(33)37(29)21-23(3)4/h5-19,22-23H,20-21H2,1-4H3/q+1. The molecule has 0 unspecified atom stereocenters. The SMILES string of the molecule is CC(C)CN1c2ccc3ccccc3c2-c2c3c1cccc3[n+](CC(C)C)c1ccc3ccccc3c21. The van der Waals surface area contributed by atoms with Crippen molar-refractivity contribution in [1.29, 1.82) is 0 Å². The van der Waals surface area contributed by atoms with Crippen molar-refractivity contribution in [3.05, 3.63) is 91.0 Å². The number of pyridine rings is 1. The summed E-state index contributed by atoms with van der Waals surface area (Å²) in [5.74, 6) is 1.08. The largest absolute Gasteiger partial charge is 0.340 e. The molecule has 0 bridgehead atoms. The van der Waals surface area contributed by atoms with Crippen LogP contribution in [0, 0.1) is 11.8 Å². The van der Waals surface area contributed by atoms with Gasteiger partial charge in [-0.1, -0.05) is 88.4 Å². The summed E-state index contributed by atoms with van der Waals surface area (Å²) in [5, 5.41) is 8.02. The molecule has 6 aromatic rings. The van der Waals surface area contributed by atoms with Crippen molar-refractivity contribution in [2.75, 3.05) is 11.4 Å². The van der Waals surface area contributed by atoms with Gasteiger partial charge in [-0.05, 0) is 45.7 Å². The smallest absolute Gasteiger partial charge is 0.215 e. The Bertz CT molecular complexity index is 1840. The molecule has 2 heterocycles. The van der Waals surface area contributed by atoms with Crippen LogP contribution in [-0.4, -0.2) is 6.54 Å². The van der Waals surface area contributed by atoms with Crippen LogP contribution in [0.3, 0.4) is 0 Å². The second kappa shape index (κ2) is 8.31. The Labute approximate surface area is 218 Å². The second-order valence-electron chi connectivity index (χ2n) is 11.4. The molecule has 1 aromatic heterocycles. The Morgan fingerprint density at radius 3 is 2.00 bits per heavy atom. The monoisotopic (exact) mass is 481 g/mol. The van der Waals surface area contributed by atoms with Crippen molar-refractivity contribution in [2.45, 2.75) is 34.2 Å². The highest BCUT2D eigenvalue weighted by Crippen LogP contribution is 2.53. The normalized spacial score (nSPS) is 13.0. The quantitative estimate of drug-likeness (QED) is 0.138. The van der Waals surface area contributed by atoms with Gasteiger partial charge in [0, 0.05) is 41.4 Å². The fourth-order valence-corrected chi connectivity index (χ4v) is 6.49. The highest BCUT2D eigenvalue weighted by Gasteiger charge is 2.33. The number of anilines is 2. The van der Waals surface area contributed by atoms with Gasteiger partial charge in [-0.3, -0.25) is 0 Å². The van der Waals surface area contributed by atoms with E-state index in [9.17, 15) is 0 Å². The van der Waals surface area contributed by atoms with E-state index in [0.29, 0.717) is 11.8 Å². The number of hydrogen-bond donors (Lipinski definition) is 0. The Balaban J connectivity index is 1.79. The molecule has 0 saturated heterocycles. The molecular formula is C35H33N2+. The van der Waals surface area contributed by atoms with Gasteiger partial charge in [0.2, 0.25) is 11.0 Å². The molecule has 0 atom stereocenters. The molecule has 0 radical (unpaired) electrons. The zero-order valence-corrected chi connectivity index (χ0v) is 22.1. The maximum atomic E-state index is 2.58. The summed E-state index contributed by atoms with van der Waals surface area (Å²) >= 11 is 0. The number of fused-ring (bicyclic) bond motifs is 8. The van der Waals surface area contributed by atoms with E-state index in [2.05, 4.69) is 128 Å². The van der Waals surface area contributed by atoms with Crippen LogP contribution >= 0.6 is 0 Å². The maximum Gasteiger partial charge on any atom is 0.215 e. The summed E-state index contributed by atoms with van der Waals surface area (Å²) in [6.45, 7) is 11.3. The predicted molar refractivity (Wildman–Crippen MR) is 159 cm³/mol. The number of rotatable bonds is 4. The lowest BCUT2D eigenvalue weighted by molar-refractivity contribution is -0.651. The first-order valence-electron chi connectivity index (χ1n) is 13.6. The molecule has 5 aromatic carbocycles. The third-order valence-electron chi connectivity index (χ3n) is 7.84. The summed E-state index contributed by atoms with van der Waals surface area (Å²) in [4.78, 5) is 2.58. The molecule has 2 nitrogen and oxygen atoms in total. The maximum absolute atomic E-state index is 2.58. The Kier molecular flexibility index (Phi) is 5.01. The number of hydrogen-bond acceptors (Lipinski definition) is 1. The second-order valence-corrected chi connectivity index (χ2v) is 11.4. The highest BCUT2D eigenvalue weighted by molar-refractivity contribution is 6.27. The first kappa shape index (κ1) is 22.3. The summed E-state index contributed by atoms with van der Waals surface area (Å²) in [6.07, 6.45) is 0. The average Bonchev–Trinajstić information content (AvgIpc) is 2.90. The van der Waals surface area contributed by atoms with Gasteiger partial charge in [-0.25, -0.2) is 0 Å². The summed E-state index contributed by atoms with van der Waals surface area (Å²) in [5.41, 5.74) is 8.07. The van der Waals surface area contributed by atoms with Crippen molar-refractivity contribution >= 4 is 54.7 Å². The van der Waals surface area contributed by atoms with E-state index >= 15 is 0 Å². The van der Waals surface area contributed by atoms with Crippen molar-refractivity contribution in [3.63, 3.8) is 0 Å². The average molecular weight is 482 g/mol. The van der Waals surface area contributed by atoms with E-state index < -0.39 is 0 Å². The van der Waals surface area contributed by atoms with Crippen molar-refractivity contribution in [1.82, 2.24) is 0 Å². The van der Waals surface area contributed by atoms with Gasteiger partial charge in [-0.15, -0.1) is 0 Å². The van der Waals surface area contributed by atoms with Crippen LogP contribution in [0.25, 0.3) is 54.5 Å². The van der Waals surface area contributed by atoms with Crippen LogP contribution < -0.4 is 9.47 Å². The molecule has 0 amide bonds. The molecule has 1 aliphatic heterocycles. The molecule has 1 aliphatic rings. The Hall–Kier alpha value is -3.91. The number of aromatic nitrogens is 1. The fraction of sp³-hybridized carbons (Fsp3) is 0.229. The van der Waals surface area contributed by atoms with E-state index in [0.717, 1.165) is 13.1 Å². The first-order valence-corrected chi connectivity index (χ1v) is 13.6. The third-order valence-corrected chi connectivity index (χ3v) is 7.84. The minimum atomic E-state index is 0.542. The molecule has 0 fully saturated rings. The lowest BCUT2D eigenvalue weighted by atomic mass is 9.85. The van der Waals surface area contributed by atoms with Gasteiger partial charge < -0.3 is 4.90 Å². The van der Waals surface area contributed by atoms with E-state index in [1.165, 1.54) is 65.9 Å². The van der Waals surface area contributed by atoms with Crippen molar-refractivity contribution in [3.8, 4) is 11.1 Å². The van der Waals surface area contributed by atoms with Gasteiger partial charge in [0.1, 0.15) is 0 Å². The lowest BCUT2D eigenvalue weighted by Gasteiger charge is -2.35. The molecule has 2 heteroatoms. The zero-order chi connectivity index (χ0) is 25.3. The molecular weight excluding hydrogens is 448 g/mol. The first-order chi connectivity index (χ1) is 18.0. The van der Waals surface area contributed by atoms with Gasteiger partial charge in [0.05, 0.1) is 16.5 Å². The minimum Gasteiger partial charge on any atom is -0.340 e. The van der Waals surface area contributed by atoms with Gasteiger partial charge in [0.15, 0.2) is 6.54 Å². The summed E-state index contributed by atoms with van der Waals surface area (Å²) in [7, 11) is 0. The molecule has 0 saturated carbocycles. The third kappa shape index (κ3) is 3.28.